The maximum Gasteiger partial charge on any atom is 0.0397 e. The van der Waals surface area contributed by atoms with Gasteiger partial charge >= 0.3 is 0 Å². The average molecular weight is 247 g/mol. The number of hydrogen-bond acceptors (Lipinski definition) is 3. The summed E-state index contributed by atoms with van der Waals surface area (Å²) in [7, 11) is 0. The number of benzene rings is 1. The van der Waals surface area contributed by atoms with Gasteiger partial charge in [-0.1, -0.05) is 19.1 Å². The summed E-state index contributed by atoms with van der Waals surface area (Å²) in [6, 6.07) is 6.60. The first-order valence-corrected chi connectivity index (χ1v) is 7.01. The molecule has 0 aliphatic carbocycles. The number of nitrogens with two attached hydrogens (primary N) is 1. The summed E-state index contributed by atoms with van der Waals surface area (Å²) >= 11 is 0. The molecule has 0 amide bonds. The number of piperazine rings is 1. The summed E-state index contributed by atoms with van der Waals surface area (Å²) in [6.07, 6.45) is 1.25. The lowest BCUT2D eigenvalue weighted by molar-refractivity contribution is 0.258. The van der Waals surface area contributed by atoms with Gasteiger partial charge in [0.2, 0.25) is 0 Å². The van der Waals surface area contributed by atoms with Crippen LogP contribution in [0.5, 0.6) is 0 Å². The van der Waals surface area contributed by atoms with Gasteiger partial charge in [0.25, 0.3) is 0 Å². The van der Waals surface area contributed by atoms with Crippen molar-refractivity contribution in [2.24, 2.45) is 5.73 Å². The van der Waals surface area contributed by atoms with Crippen LogP contribution in [0.1, 0.15) is 24.5 Å². The van der Waals surface area contributed by atoms with Gasteiger partial charge in [-0.05, 0) is 37.1 Å². The van der Waals surface area contributed by atoms with E-state index in [4.69, 9.17) is 5.73 Å². The minimum absolute atomic E-state index is 0.630. The summed E-state index contributed by atoms with van der Waals surface area (Å²) in [6.45, 7) is 11.0. The monoisotopic (exact) mass is 247 g/mol. The van der Waals surface area contributed by atoms with Crippen LogP contribution in [-0.2, 0) is 6.54 Å². The van der Waals surface area contributed by atoms with Crippen LogP contribution in [0.2, 0.25) is 0 Å². The van der Waals surface area contributed by atoms with Gasteiger partial charge in [0.15, 0.2) is 0 Å². The van der Waals surface area contributed by atoms with Crippen LogP contribution in [0.3, 0.4) is 0 Å². The molecule has 1 fully saturated rings. The van der Waals surface area contributed by atoms with Gasteiger partial charge in [-0.2, -0.15) is 0 Å². The maximum atomic E-state index is 5.68. The summed E-state index contributed by atoms with van der Waals surface area (Å²) in [5.74, 6) is 0. The number of hydrogen-bond donors (Lipinski definition) is 1. The molecule has 1 aromatic rings. The normalized spacial score (nSPS) is 17.2. The molecule has 1 aliphatic heterocycles. The van der Waals surface area contributed by atoms with Gasteiger partial charge in [0.1, 0.15) is 0 Å². The second kappa shape index (κ2) is 6.21. The van der Waals surface area contributed by atoms with Crippen LogP contribution in [-0.4, -0.2) is 37.6 Å². The number of aryl methyl sites for hydroxylation is 1. The van der Waals surface area contributed by atoms with E-state index in [1.807, 2.05) is 0 Å². The summed E-state index contributed by atoms with van der Waals surface area (Å²) in [5, 5.41) is 0. The average Bonchev–Trinajstić information content (AvgIpc) is 2.40. The van der Waals surface area contributed by atoms with E-state index in [2.05, 4.69) is 41.8 Å². The highest BCUT2D eigenvalue weighted by Crippen LogP contribution is 2.22. The van der Waals surface area contributed by atoms with E-state index in [-0.39, 0.29) is 0 Å². The van der Waals surface area contributed by atoms with E-state index < -0.39 is 0 Å². The zero-order valence-corrected chi connectivity index (χ0v) is 11.7. The van der Waals surface area contributed by atoms with Crippen molar-refractivity contribution in [3.63, 3.8) is 0 Å². The molecule has 3 heteroatoms. The first-order chi connectivity index (χ1) is 8.74. The first kappa shape index (κ1) is 13.4. The van der Waals surface area contributed by atoms with Crippen molar-refractivity contribution < 1.29 is 0 Å². The summed E-state index contributed by atoms with van der Waals surface area (Å²) in [5.41, 5.74) is 9.63. The fraction of sp³-hybridized carbons (Fsp3) is 0.600. The molecule has 0 aromatic heterocycles. The quantitative estimate of drug-likeness (QED) is 0.883. The topological polar surface area (TPSA) is 32.5 Å². The lowest BCUT2D eigenvalue weighted by Crippen LogP contribution is -2.46. The van der Waals surface area contributed by atoms with Crippen molar-refractivity contribution in [1.29, 1.82) is 0 Å². The van der Waals surface area contributed by atoms with Gasteiger partial charge in [-0.3, -0.25) is 4.90 Å². The highest BCUT2D eigenvalue weighted by atomic mass is 15.3. The van der Waals surface area contributed by atoms with E-state index in [0.717, 1.165) is 13.1 Å². The molecule has 0 atom stereocenters. The zero-order valence-electron chi connectivity index (χ0n) is 11.7. The van der Waals surface area contributed by atoms with Crippen molar-refractivity contribution in [1.82, 2.24) is 4.90 Å². The molecular weight excluding hydrogens is 222 g/mol. The Bertz CT molecular complexity index is 381. The molecule has 18 heavy (non-hydrogen) atoms. The minimum atomic E-state index is 0.630. The molecule has 2 rings (SSSR count). The smallest absolute Gasteiger partial charge is 0.0397 e. The van der Waals surface area contributed by atoms with E-state index >= 15 is 0 Å². The lowest BCUT2D eigenvalue weighted by atomic mass is 10.1. The maximum absolute atomic E-state index is 5.68. The molecule has 3 nitrogen and oxygen atoms in total. The van der Waals surface area contributed by atoms with E-state index in [1.54, 1.807) is 0 Å². The molecule has 2 N–H and O–H groups in total. The Morgan fingerprint density at radius 2 is 1.89 bits per heavy atom. The molecular formula is C15H25N3. The molecule has 1 heterocycles. The van der Waals surface area contributed by atoms with Gasteiger partial charge in [0, 0.05) is 38.4 Å². The summed E-state index contributed by atoms with van der Waals surface area (Å²) < 4.78 is 0. The lowest BCUT2D eigenvalue weighted by Gasteiger charge is -2.36. The molecule has 0 saturated carbocycles. The number of rotatable bonds is 4. The van der Waals surface area contributed by atoms with E-state index in [1.165, 1.54) is 42.9 Å². The Balaban J connectivity index is 2.01. The van der Waals surface area contributed by atoms with Gasteiger partial charge in [-0.15, -0.1) is 0 Å². The van der Waals surface area contributed by atoms with Crippen molar-refractivity contribution in [3.8, 4) is 0 Å². The van der Waals surface area contributed by atoms with Gasteiger partial charge in [-0.25, -0.2) is 0 Å². The third-order valence-electron chi connectivity index (χ3n) is 3.75. The van der Waals surface area contributed by atoms with Crippen LogP contribution in [0.25, 0.3) is 0 Å². The molecule has 1 saturated heterocycles. The van der Waals surface area contributed by atoms with E-state index in [0.29, 0.717) is 6.54 Å². The fourth-order valence-electron chi connectivity index (χ4n) is 2.73. The number of nitrogens with zero attached hydrogens (tertiary/aromatic N) is 2. The van der Waals surface area contributed by atoms with Gasteiger partial charge in [0.05, 0.1) is 0 Å². The summed E-state index contributed by atoms with van der Waals surface area (Å²) in [4.78, 5) is 5.06. The first-order valence-electron chi connectivity index (χ1n) is 7.01. The number of anilines is 1. The molecule has 0 unspecified atom stereocenters. The molecule has 0 radical (unpaired) electrons. The van der Waals surface area contributed by atoms with Crippen LogP contribution in [0.4, 0.5) is 5.69 Å². The van der Waals surface area contributed by atoms with Crippen LogP contribution >= 0.6 is 0 Å². The predicted molar refractivity (Wildman–Crippen MR) is 78.0 cm³/mol. The fourth-order valence-corrected chi connectivity index (χ4v) is 2.73. The molecule has 1 aliphatic rings. The molecule has 0 spiro atoms. The van der Waals surface area contributed by atoms with Crippen molar-refractivity contribution in [2.45, 2.75) is 26.8 Å². The Hall–Kier alpha value is -1.06. The minimum Gasteiger partial charge on any atom is -0.369 e. The third-order valence-corrected chi connectivity index (χ3v) is 3.75. The zero-order chi connectivity index (χ0) is 13.0. The third kappa shape index (κ3) is 3.03. The van der Waals surface area contributed by atoms with Crippen LogP contribution in [0.15, 0.2) is 18.2 Å². The Morgan fingerprint density at radius 1 is 1.17 bits per heavy atom. The van der Waals surface area contributed by atoms with Crippen molar-refractivity contribution >= 4 is 5.69 Å². The van der Waals surface area contributed by atoms with Crippen molar-refractivity contribution in [2.75, 3.05) is 37.6 Å². The largest absolute Gasteiger partial charge is 0.369 e. The Kier molecular flexibility index (Phi) is 4.61. The highest BCUT2D eigenvalue weighted by molar-refractivity contribution is 5.54. The predicted octanol–water partition coefficient (Wildman–Crippen LogP) is 1.99. The van der Waals surface area contributed by atoms with Crippen LogP contribution < -0.4 is 10.6 Å². The SMILES string of the molecule is CCCN1CCN(c2ccc(CN)cc2C)CC1. The van der Waals surface area contributed by atoms with Crippen LogP contribution in [0, 0.1) is 6.92 Å². The molecule has 100 valence electrons. The molecule has 0 bridgehead atoms. The Labute approximate surface area is 111 Å². The second-order valence-corrected chi connectivity index (χ2v) is 5.15. The second-order valence-electron chi connectivity index (χ2n) is 5.15. The standard InChI is InChI=1S/C15H25N3/c1-3-6-17-7-9-18(10-8-17)15-5-4-14(12-16)11-13(15)2/h4-5,11H,3,6-10,12,16H2,1-2H3. The highest BCUT2D eigenvalue weighted by Gasteiger charge is 2.17. The Morgan fingerprint density at radius 3 is 2.44 bits per heavy atom. The van der Waals surface area contributed by atoms with Gasteiger partial charge < -0.3 is 10.6 Å². The molecule has 1 aromatic carbocycles. The van der Waals surface area contributed by atoms with E-state index in [9.17, 15) is 0 Å². The van der Waals surface area contributed by atoms with Crippen molar-refractivity contribution in [3.05, 3.63) is 29.3 Å².